The van der Waals surface area contributed by atoms with Crippen molar-refractivity contribution in [2.45, 2.75) is 12.5 Å². The molecule has 1 aliphatic rings. The summed E-state index contributed by atoms with van der Waals surface area (Å²) < 4.78 is 19.5. The number of aromatic nitrogens is 1. The highest BCUT2D eigenvalue weighted by Crippen LogP contribution is 2.25. The summed E-state index contributed by atoms with van der Waals surface area (Å²) in [7, 11) is 1.59. The van der Waals surface area contributed by atoms with Gasteiger partial charge < -0.3 is 20.5 Å². The number of rotatable bonds is 5. The minimum Gasteiger partial charge on any atom is -0.497 e. The summed E-state index contributed by atoms with van der Waals surface area (Å²) in [5.74, 6) is 0.487. The van der Waals surface area contributed by atoms with Gasteiger partial charge in [0.05, 0.1) is 24.9 Å². The number of aliphatic hydroxyl groups is 1. The monoisotopic (exact) mass is 319 g/mol. The van der Waals surface area contributed by atoms with Crippen LogP contribution in [0.3, 0.4) is 0 Å². The zero-order valence-electron chi connectivity index (χ0n) is 13.2. The second kappa shape index (κ2) is 6.78. The van der Waals surface area contributed by atoms with Gasteiger partial charge in [-0.25, -0.2) is 4.39 Å². The molecule has 23 heavy (non-hydrogen) atoms. The topological polar surface area (TPSA) is 71.6 Å². The normalized spacial score (nSPS) is 21.9. The van der Waals surface area contributed by atoms with Crippen molar-refractivity contribution >= 4 is 10.9 Å². The molecule has 0 amide bonds. The molecule has 2 atom stereocenters. The first-order valence-electron chi connectivity index (χ1n) is 7.84. The van der Waals surface area contributed by atoms with Crippen LogP contribution in [0, 0.1) is 11.7 Å². The lowest BCUT2D eigenvalue weighted by molar-refractivity contribution is 0.144. The maximum absolute atomic E-state index is 14.3. The molecule has 5 nitrogen and oxygen atoms in total. The molecule has 3 N–H and O–H groups in total. The molecule has 6 heteroatoms. The number of pyridine rings is 1. The predicted octanol–water partition coefficient (Wildman–Crippen LogP) is 1.18. The second-order valence-electron chi connectivity index (χ2n) is 6.04. The SMILES string of the molecule is COc1ccc2ncc(F)c(CCN3C[C@H](CN)[C@H](O)C3)c2c1. The molecule has 1 aromatic heterocycles. The largest absolute Gasteiger partial charge is 0.497 e. The first-order valence-corrected chi connectivity index (χ1v) is 7.84. The van der Waals surface area contributed by atoms with Gasteiger partial charge in [0.2, 0.25) is 0 Å². The number of hydrogen-bond acceptors (Lipinski definition) is 5. The number of fused-ring (bicyclic) bond motifs is 1. The molecule has 1 aliphatic heterocycles. The van der Waals surface area contributed by atoms with Gasteiger partial charge in [0.15, 0.2) is 0 Å². The summed E-state index contributed by atoms with van der Waals surface area (Å²) in [6.07, 6.45) is 1.44. The Morgan fingerprint density at radius 2 is 2.26 bits per heavy atom. The predicted molar refractivity (Wildman–Crippen MR) is 86.9 cm³/mol. The van der Waals surface area contributed by atoms with Crippen molar-refractivity contribution < 1.29 is 14.2 Å². The molecule has 0 unspecified atom stereocenters. The maximum Gasteiger partial charge on any atom is 0.145 e. The minimum absolute atomic E-state index is 0.106. The lowest BCUT2D eigenvalue weighted by atomic mass is 10.0. The van der Waals surface area contributed by atoms with Crippen molar-refractivity contribution in [2.75, 3.05) is 33.3 Å². The lowest BCUT2D eigenvalue weighted by Gasteiger charge is -2.16. The Balaban J connectivity index is 1.81. The summed E-state index contributed by atoms with van der Waals surface area (Å²) in [5, 5.41) is 10.7. The molecule has 3 rings (SSSR count). The van der Waals surface area contributed by atoms with E-state index in [1.54, 1.807) is 7.11 Å². The third-order valence-electron chi connectivity index (χ3n) is 4.60. The van der Waals surface area contributed by atoms with Crippen LogP contribution < -0.4 is 10.5 Å². The second-order valence-corrected chi connectivity index (χ2v) is 6.04. The van der Waals surface area contributed by atoms with E-state index in [1.807, 2.05) is 18.2 Å². The molecule has 2 heterocycles. The van der Waals surface area contributed by atoms with Crippen LogP contribution in [-0.2, 0) is 6.42 Å². The average molecular weight is 319 g/mol. The summed E-state index contributed by atoms with van der Waals surface area (Å²) in [6.45, 7) is 2.50. The number of hydrogen-bond donors (Lipinski definition) is 2. The van der Waals surface area contributed by atoms with Crippen molar-refractivity contribution in [3.05, 3.63) is 35.8 Å². The highest BCUT2D eigenvalue weighted by atomic mass is 19.1. The first kappa shape index (κ1) is 16.1. The van der Waals surface area contributed by atoms with Gasteiger partial charge in [-0.05, 0) is 31.2 Å². The number of likely N-dealkylation sites (tertiary alicyclic amines) is 1. The van der Waals surface area contributed by atoms with Gasteiger partial charge in [-0.15, -0.1) is 0 Å². The van der Waals surface area contributed by atoms with E-state index in [9.17, 15) is 9.50 Å². The average Bonchev–Trinajstić information content (AvgIpc) is 2.93. The van der Waals surface area contributed by atoms with Gasteiger partial charge in [0, 0.05) is 36.5 Å². The van der Waals surface area contributed by atoms with Crippen LogP contribution in [-0.4, -0.2) is 54.4 Å². The van der Waals surface area contributed by atoms with E-state index in [1.165, 1.54) is 6.20 Å². The highest BCUT2D eigenvalue weighted by molar-refractivity contribution is 5.83. The maximum atomic E-state index is 14.3. The molecule has 0 bridgehead atoms. The van der Waals surface area contributed by atoms with Gasteiger partial charge in [-0.1, -0.05) is 0 Å². The van der Waals surface area contributed by atoms with Crippen LogP contribution in [0.1, 0.15) is 5.56 Å². The van der Waals surface area contributed by atoms with Crippen LogP contribution in [0.4, 0.5) is 4.39 Å². The Labute approximate surface area is 134 Å². The third-order valence-corrected chi connectivity index (χ3v) is 4.60. The standard InChI is InChI=1S/C17H22FN3O2/c1-23-12-2-3-16-14(6-12)13(15(18)8-20-16)4-5-21-9-11(7-19)17(22)10-21/h2-3,6,8,11,17,22H,4-5,7,9-10,19H2,1H3/t11-,17+/m0/s1. The fourth-order valence-corrected chi connectivity index (χ4v) is 3.21. The van der Waals surface area contributed by atoms with Crippen molar-refractivity contribution in [1.82, 2.24) is 9.88 Å². The molecular weight excluding hydrogens is 297 g/mol. The van der Waals surface area contributed by atoms with E-state index in [2.05, 4.69) is 9.88 Å². The minimum atomic E-state index is -0.390. The fraction of sp³-hybridized carbons (Fsp3) is 0.471. The van der Waals surface area contributed by atoms with Gasteiger partial charge in [-0.3, -0.25) is 4.98 Å². The summed E-state index contributed by atoms with van der Waals surface area (Å²) in [4.78, 5) is 6.27. The van der Waals surface area contributed by atoms with Crippen molar-refractivity contribution in [2.24, 2.45) is 11.7 Å². The van der Waals surface area contributed by atoms with E-state index in [-0.39, 0.29) is 17.8 Å². The van der Waals surface area contributed by atoms with E-state index in [0.717, 1.165) is 17.4 Å². The lowest BCUT2D eigenvalue weighted by Crippen LogP contribution is -2.26. The van der Waals surface area contributed by atoms with Crippen LogP contribution in [0.15, 0.2) is 24.4 Å². The number of ether oxygens (including phenoxy) is 1. The number of aliphatic hydroxyl groups excluding tert-OH is 1. The van der Waals surface area contributed by atoms with E-state index in [4.69, 9.17) is 10.5 Å². The molecule has 0 aliphatic carbocycles. The van der Waals surface area contributed by atoms with E-state index in [0.29, 0.717) is 37.4 Å². The number of methoxy groups -OCH3 is 1. The van der Waals surface area contributed by atoms with Crippen molar-refractivity contribution in [3.8, 4) is 5.75 Å². The zero-order chi connectivity index (χ0) is 16.4. The Morgan fingerprint density at radius 1 is 1.43 bits per heavy atom. The summed E-state index contributed by atoms with van der Waals surface area (Å²) >= 11 is 0. The first-order chi connectivity index (χ1) is 11.1. The summed E-state index contributed by atoms with van der Waals surface area (Å²) in [5.41, 5.74) is 7.05. The quantitative estimate of drug-likeness (QED) is 0.866. The number of nitrogens with two attached hydrogens (primary N) is 1. The molecule has 0 spiro atoms. The van der Waals surface area contributed by atoms with Gasteiger partial charge >= 0.3 is 0 Å². The number of nitrogens with zero attached hydrogens (tertiary/aromatic N) is 2. The molecule has 0 radical (unpaired) electrons. The molecule has 1 saturated heterocycles. The summed E-state index contributed by atoms with van der Waals surface area (Å²) in [6, 6.07) is 5.48. The number of benzene rings is 1. The Morgan fingerprint density at radius 3 is 2.96 bits per heavy atom. The van der Waals surface area contributed by atoms with Gasteiger partial charge in [-0.2, -0.15) is 0 Å². The van der Waals surface area contributed by atoms with Crippen LogP contribution in [0.2, 0.25) is 0 Å². The van der Waals surface area contributed by atoms with Crippen LogP contribution >= 0.6 is 0 Å². The molecule has 0 saturated carbocycles. The van der Waals surface area contributed by atoms with E-state index >= 15 is 0 Å². The molecular formula is C17H22FN3O2. The smallest absolute Gasteiger partial charge is 0.145 e. The fourth-order valence-electron chi connectivity index (χ4n) is 3.21. The van der Waals surface area contributed by atoms with Crippen LogP contribution in [0.25, 0.3) is 10.9 Å². The Bertz CT molecular complexity index is 695. The Kier molecular flexibility index (Phi) is 4.75. The number of halogens is 1. The molecule has 1 aromatic carbocycles. The molecule has 1 fully saturated rings. The molecule has 124 valence electrons. The van der Waals surface area contributed by atoms with Crippen molar-refractivity contribution in [1.29, 1.82) is 0 Å². The highest BCUT2D eigenvalue weighted by Gasteiger charge is 2.29. The Hall–Kier alpha value is -1.76. The molecule has 2 aromatic rings. The number of β-amino-alcohol motifs (C(OH)–C–C–N with tert-alkyl or cyclic N) is 1. The van der Waals surface area contributed by atoms with Crippen molar-refractivity contribution in [3.63, 3.8) is 0 Å². The van der Waals surface area contributed by atoms with E-state index < -0.39 is 0 Å². The zero-order valence-corrected chi connectivity index (χ0v) is 13.2. The van der Waals surface area contributed by atoms with Gasteiger partial charge in [0.25, 0.3) is 0 Å². The van der Waals surface area contributed by atoms with Gasteiger partial charge in [0.1, 0.15) is 11.6 Å². The van der Waals surface area contributed by atoms with Crippen LogP contribution in [0.5, 0.6) is 5.75 Å². The third kappa shape index (κ3) is 3.29.